The zero-order valence-electron chi connectivity index (χ0n) is 6.96. The number of aliphatic carboxylic acids is 1. The molecular formula is C9H10FNO2. The van der Waals surface area contributed by atoms with Gasteiger partial charge in [-0.05, 0) is 30.2 Å². The third-order valence-electron chi connectivity index (χ3n) is 1.68. The van der Waals surface area contributed by atoms with Crippen LogP contribution in [0.3, 0.4) is 0 Å². The molecule has 0 aromatic heterocycles. The number of nitrogen functional groups attached to an aromatic ring is 1. The average molecular weight is 183 g/mol. The number of hydrogen-bond acceptors (Lipinski definition) is 2. The predicted molar refractivity (Wildman–Crippen MR) is 46.8 cm³/mol. The van der Waals surface area contributed by atoms with Gasteiger partial charge >= 0.3 is 5.97 Å². The maximum atomic E-state index is 13.0. The Kier molecular flexibility index (Phi) is 2.84. The van der Waals surface area contributed by atoms with Crippen molar-refractivity contribution >= 4 is 11.7 Å². The van der Waals surface area contributed by atoms with Gasteiger partial charge in [0.25, 0.3) is 0 Å². The summed E-state index contributed by atoms with van der Waals surface area (Å²) in [7, 11) is 0. The number of aryl methyl sites for hydroxylation is 1. The molecule has 0 aliphatic rings. The zero-order valence-corrected chi connectivity index (χ0v) is 6.96. The highest BCUT2D eigenvalue weighted by Gasteiger charge is 2.04. The number of carbonyl (C=O) groups is 1. The second-order valence-corrected chi connectivity index (χ2v) is 2.74. The normalized spacial score (nSPS) is 9.92. The van der Waals surface area contributed by atoms with Crippen LogP contribution in [0.1, 0.15) is 12.0 Å². The number of carboxylic acids is 1. The fourth-order valence-corrected chi connectivity index (χ4v) is 1.03. The molecule has 1 rings (SSSR count). The summed E-state index contributed by atoms with van der Waals surface area (Å²) >= 11 is 0. The van der Waals surface area contributed by atoms with E-state index in [1.807, 2.05) is 0 Å². The second kappa shape index (κ2) is 3.89. The maximum absolute atomic E-state index is 13.0. The first kappa shape index (κ1) is 9.51. The third-order valence-corrected chi connectivity index (χ3v) is 1.68. The predicted octanol–water partition coefficient (Wildman–Crippen LogP) is 1.43. The van der Waals surface area contributed by atoms with E-state index in [0.29, 0.717) is 11.3 Å². The Bertz CT molecular complexity index is 325. The van der Waals surface area contributed by atoms with Gasteiger partial charge in [0.05, 0.1) is 0 Å². The van der Waals surface area contributed by atoms with Crippen LogP contribution >= 0.6 is 0 Å². The Labute approximate surface area is 75.0 Å². The summed E-state index contributed by atoms with van der Waals surface area (Å²) in [5.41, 5.74) is 6.22. The molecule has 70 valence electrons. The highest BCUT2D eigenvalue weighted by molar-refractivity contribution is 5.67. The number of benzene rings is 1. The minimum atomic E-state index is -0.943. The van der Waals surface area contributed by atoms with Crippen LogP contribution in [0.25, 0.3) is 0 Å². The lowest BCUT2D eigenvalue weighted by Gasteiger charge is -2.01. The summed E-state index contributed by atoms with van der Waals surface area (Å²) in [4.78, 5) is 10.2. The molecule has 0 saturated carbocycles. The summed E-state index contributed by atoms with van der Waals surface area (Å²) in [6, 6.07) is 4.14. The van der Waals surface area contributed by atoms with Crippen LogP contribution in [0.5, 0.6) is 0 Å². The molecular weight excluding hydrogens is 173 g/mol. The van der Waals surface area contributed by atoms with Crippen LogP contribution in [0.15, 0.2) is 18.2 Å². The van der Waals surface area contributed by atoms with E-state index in [1.165, 1.54) is 18.2 Å². The molecule has 0 bridgehead atoms. The van der Waals surface area contributed by atoms with Crippen molar-refractivity contribution in [3.05, 3.63) is 29.6 Å². The van der Waals surface area contributed by atoms with Gasteiger partial charge in [0, 0.05) is 12.1 Å². The Morgan fingerprint density at radius 2 is 2.23 bits per heavy atom. The molecule has 0 unspecified atom stereocenters. The lowest BCUT2D eigenvalue weighted by atomic mass is 10.1. The molecule has 0 spiro atoms. The van der Waals surface area contributed by atoms with Gasteiger partial charge in [-0.2, -0.15) is 0 Å². The van der Waals surface area contributed by atoms with Crippen LogP contribution in [-0.2, 0) is 11.2 Å². The molecule has 0 radical (unpaired) electrons. The number of hydrogen-bond donors (Lipinski definition) is 2. The van der Waals surface area contributed by atoms with Crippen molar-refractivity contribution < 1.29 is 14.3 Å². The standard InChI is InChI=1S/C9H10FNO2/c10-8-3-2-7(11)5-6(8)1-4-9(12)13/h2-3,5H,1,4,11H2,(H,12,13). The van der Waals surface area contributed by atoms with E-state index in [1.54, 1.807) is 0 Å². The molecule has 0 amide bonds. The van der Waals surface area contributed by atoms with Gasteiger partial charge in [-0.3, -0.25) is 4.79 Å². The van der Waals surface area contributed by atoms with E-state index >= 15 is 0 Å². The zero-order chi connectivity index (χ0) is 9.84. The summed E-state index contributed by atoms with van der Waals surface area (Å²) in [5.74, 6) is -1.35. The van der Waals surface area contributed by atoms with Gasteiger partial charge in [0.15, 0.2) is 0 Å². The van der Waals surface area contributed by atoms with Gasteiger partial charge in [-0.1, -0.05) is 0 Å². The van der Waals surface area contributed by atoms with E-state index in [4.69, 9.17) is 10.8 Å². The molecule has 0 aliphatic carbocycles. The molecule has 0 heterocycles. The topological polar surface area (TPSA) is 63.3 Å². The van der Waals surface area contributed by atoms with Crippen LogP contribution in [-0.4, -0.2) is 11.1 Å². The first-order valence-electron chi connectivity index (χ1n) is 3.85. The van der Waals surface area contributed by atoms with Crippen molar-refractivity contribution in [2.45, 2.75) is 12.8 Å². The quantitative estimate of drug-likeness (QED) is 0.696. The van der Waals surface area contributed by atoms with Crippen molar-refractivity contribution in [2.75, 3.05) is 5.73 Å². The molecule has 0 saturated heterocycles. The highest BCUT2D eigenvalue weighted by Crippen LogP contribution is 2.13. The van der Waals surface area contributed by atoms with Crippen molar-refractivity contribution in [3.8, 4) is 0 Å². The van der Waals surface area contributed by atoms with Crippen LogP contribution < -0.4 is 5.73 Å². The van der Waals surface area contributed by atoms with Gasteiger partial charge in [0.1, 0.15) is 5.82 Å². The number of rotatable bonds is 3. The lowest BCUT2D eigenvalue weighted by Crippen LogP contribution is -2.00. The van der Waals surface area contributed by atoms with Crippen molar-refractivity contribution in [1.82, 2.24) is 0 Å². The fourth-order valence-electron chi connectivity index (χ4n) is 1.03. The van der Waals surface area contributed by atoms with Gasteiger partial charge in [-0.25, -0.2) is 4.39 Å². The Morgan fingerprint density at radius 1 is 1.54 bits per heavy atom. The van der Waals surface area contributed by atoms with E-state index in [9.17, 15) is 9.18 Å². The van der Waals surface area contributed by atoms with Gasteiger partial charge in [-0.15, -0.1) is 0 Å². The van der Waals surface area contributed by atoms with Crippen molar-refractivity contribution in [3.63, 3.8) is 0 Å². The third kappa shape index (κ3) is 2.74. The molecule has 1 aromatic rings. The van der Waals surface area contributed by atoms with Gasteiger partial charge in [0.2, 0.25) is 0 Å². The number of anilines is 1. The summed E-state index contributed by atoms with van der Waals surface area (Å²) in [6.45, 7) is 0. The molecule has 4 heteroatoms. The highest BCUT2D eigenvalue weighted by atomic mass is 19.1. The van der Waals surface area contributed by atoms with E-state index in [2.05, 4.69) is 0 Å². The minimum Gasteiger partial charge on any atom is -0.481 e. The Hall–Kier alpha value is -1.58. The first-order valence-corrected chi connectivity index (χ1v) is 3.85. The lowest BCUT2D eigenvalue weighted by molar-refractivity contribution is -0.136. The summed E-state index contributed by atoms with van der Waals surface area (Å²) < 4.78 is 13.0. The van der Waals surface area contributed by atoms with E-state index in [0.717, 1.165) is 0 Å². The SMILES string of the molecule is Nc1ccc(F)c(CCC(=O)O)c1. The van der Waals surface area contributed by atoms with Crippen LogP contribution in [0.4, 0.5) is 10.1 Å². The number of halogens is 1. The maximum Gasteiger partial charge on any atom is 0.303 e. The van der Waals surface area contributed by atoms with Gasteiger partial charge < -0.3 is 10.8 Å². The molecule has 0 fully saturated rings. The molecule has 0 aliphatic heterocycles. The molecule has 3 N–H and O–H groups in total. The Morgan fingerprint density at radius 3 is 2.85 bits per heavy atom. The van der Waals surface area contributed by atoms with Crippen LogP contribution in [0.2, 0.25) is 0 Å². The van der Waals surface area contributed by atoms with Crippen LogP contribution in [0, 0.1) is 5.82 Å². The molecule has 13 heavy (non-hydrogen) atoms. The molecule has 0 atom stereocenters. The smallest absolute Gasteiger partial charge is 0.303 e. The largest absolute Gasteiger partial charge is 0.481 e. The Balaban J connectivity index is 2.75. The van der Waals surface area contributed by atoms with E-state index in [-0.39, 0.29) is 12.8 Å². The molecule has 3 nitrogen and oxygen atoms in total. The number of nitrogens with two attached hydrogens (primary N) is 1. The minimum absolute atomic E-state index is 0.0830. The first-order chi connectivity index (χ1) is 6.09. The van der Waals surface area contributed by atoms with E-state index < -0.39 is 11.8 Å². The second-order valence-electron chi connectivity index (χ2n) is 2.74. The summed E-state index contributed by atoms with van der Waals surface area (Å²) in [5, 5.41) is 8.38. The fraction of sp³-hybridized carbons (Fsp3) is 0.222. The number of carboxylic acid groups (broad SMARTS) is 1. The monoisotopic (exact) mass is 183 g/mol. The summed E-state index contributed by atoms with van der Waals surface area (Å²) in [6.07, 6.45) is 0.0899. The average Bonchev–Trinajstić information content (AvgIpc) is 2.06. The van der Waals surface area contributed by atoms with Crippen molar-refractivity contribution in [2.24, 2.45) is 0 Å². The van der Waals surface area contributed by atoms with Crippen molar-refractivity contribution in [1.29, 1.82) is 0 Å². The molecule has 1 aromatic carbocycles.